The van der Waals surface area contributed by atoms with Gasteiger partial charge in [-0.15, -0.1) is 0 Å². The molecule has 5 nitrogen and oxygen atoms in total. The minimum Gasteiger partial charge on any atom is -0.508 e. The van der Waals surface area contributed by atoms with Crippen LogP contribution in [-0.4, -0.2) is 42.1 Å². The van der Waals surface area contributed by atoms with Gasteiger partial charge >= 0.3 is 5.97 Å². The Morgan fingerprint density at radius 3 is 2.24 bits per heavy atom. The second-order valence-electron chi connectivity index (χ2n) is 3.83. The monoisotopic (exact) mass is 237 g/mol. The fourth-order valence-corrected chi connectivity index (χ4v) is 1.24. The van der Waals surface area contributed by atoms with Gasteiger partial charge in [0.2, 0.25) is 0 Å². The highest BCUT2D eigenvalue weighted by Gasteiger charge is 2.20. The topological polar surface area (TPSA) is 66.8 Å². The molecule has 0 saturated carbocycles. The van der Waals surface area contributed by atoms with Crippen LogP contribution in [0.2, 0.25) is 0 Å². The number of hydrogen-bond acceptors (Lipinski definition) is 4. The highest BCUT2D eigenvalue weighted by molar-refractivity contribution is 5.92. The van der Waals surface area contributed by atoms with E-state index in [-0.39, 0.29) is 11.7 Å². The molecule has 0 saturated heterocycles. The molecule has 0 fully saturated rings. The molecule has 0 bridgehead atoms. The average Bonchev–Trinajstić information content (AvgIpc) is 2.28. The summed E-state index contributed by atoms with van der Waals surface area (Å²) < 4.78 is 4.99. The molecule has 17 heavy (non-hydrogen) atoms. The van der Waals surface area contributed by atoms with Gasteiger partial charge in [0.1, 0.15) is 5.75 Å². The number of amides is 1. The van der Waals surface area contributed by atoms with E-state index in [2.05, 4.69) is 0 Å². The van der Waals surface area contributed by atoms with Gasteiger partial charge < -0.3 is 14.7 Å². The lowest BCUT2D eigenvalue weighted by atomic mass is 10.2. The van der Waals surface area contributed by atoms with E-state index >= 15 is 0 Å². The molecule has 0 aromatic heterocycles. The zero-order chi connectivity index (χ0) is 13.0. The molecule has 0 aliphatic carbocycles. The molecule has 0 unspecified atom stereocenters. The number of carbonyl (C=O) groups excluding carboxylic acids is 2. The number of benzene rings is 1. The molecular weight excluding hydrogens is 222 g/mol. The fourth-order valence-electron chi connectivity index (χ4n) is 1.24. The van der Waals surface area contributed by atoms with Crippen molar-refractivity contribution in [1.82, 2.24) is 4.90 Å². The lowest BCUT2D eigenvalue weighted by molar-refractivity contribution is -0.137. The molecule has 1 N–H and O–H groups in total. The maximum absolute atomic E-state index is 11.6. The van der Waals surface area contributed by atoms with Gasteiger partial charge in [-0.2, -0.15) is 0 Å². The number of phenols is 1. The predicted molar refractivity (Wildman–Crippen MR) is 61.7 cm³/mol. The van der Waals surface area contributed by atoms with E-state index in [4.69, 9.17) is 9.84 Å². The quantitative estimate of drug-likeness (QED) is 0.797. The Morgan fingerprint density at radius 2 is 1.76 bits per heavy atom. The van der Waals surface area contributed by atoms with Crippen molar-refractivity contribution in [2.75, 3.05) is 14.1 Å². The minimum absolute atomic E-state index is 0.0685. The van der Waals surface area contributed by atoms with E-state index < -0.39 is 12.1 Å². The van der Waals surface area contributed by atoms with Crippen molar-refractivity contribution in [3.8, 4) is 5.75 Å². The van der Waals surface area contributed by atoms with Gasteiger partial charge in [0, 0.05) is 14.1 Å². The number of hydrogen-bond donors (Lipinski definition) is 1. The van der Waals surface area contributed by atoms with E-state index in [1.54, 1.807) is 14.1 Å². The van der Waals surface area contributed by atoms with Crippen molar-refractivity contribution >= 4 is 11.9 Å². The zero-order valence-corrected chi connectivity index (χ0v) is 10.0. The van der Waals surface area contributed by atoms with Crippen LogP contribution in [0.3, 0.4) is 0 Å². The minimum atomic E-state index is -0.827. The second-order valence-corrected chi connectivity index (χ2v) is 3.83. The predicted octanol–water partition coefficient (Wildman–Crippen LogP) is 1.03. The standard InChI is InChI=1S/C12H15NO4/c1-8(11(15)13(2)3)17-12(16)9-4-6-10(14)7-5-9/h4-8,14H,1-3H3/t8-/m0/s1. The lowest BCUT2D eigenvalue weighted by Gasteiger charge is -2.17. The molecule has 1 aromatic rings. The van der Waals surface area contributed by atoms with Gasteiger partial charge in [0.25, 0.3) is 5.91 Å². The number of aromatic hydroxyl groups is 1. The normalized spacial score (nSPS) is 11.7. The van der Waals surface area contributed by atoms with Gasteiger partial charge in [-0.1, -0.05) is 0 Å². The first kappa shape index (κ1) is 13.0. The van der Waals surface area contributed by atoms with Crippen LogP contribution in [0, 0.1) is 0 Å². The Morgan fingerprint density at radius 1 is 1.24 bits per heavy atom. The lowest BCUT2D eigenvalue weighted by Crippen LogP contribution is -2.34. The van der Waals surface area contributed by atoms with Gasteiger partial charge in [-0.25, -0.2) is 4.79 Å². The summed E-state index contributed by atoms with van der Waals surface area (Å²) in [6.07, 6.45) is -0.827. The van der Waals surface area contributed by atoms with E-state index in [1.807, 2.05) is 0 Å². The summed E-state index contributed by atoms with van der Waals surface area (Å²) in [5, 5.41) is 9.07. The first-order valence-electron chi connectivity index (χ1n) is 5.13. The van der Waals surface area contributed by atoms with Crippen molar-refractivity contribution in [2.45, 2.75) is 13.0 Å². The SMILES string of the molecule is C[C@H](OC(=O)c1ccc(O)cc1)C(=O)N(C)C. The van der Waals surface area contributed by atoms with Crippen molar-refractivity contribution in [3.63, 3.8) is 0 Å². The molecule has 0 aliphatic rings. The van der Waals surface area contributed by atoms with Gasteiger partial charge in [-0.05, 0) is 31.2 Å². The molecule has 0 aliphatic heterocycles. The first-order chi connectivity index (χ1) is 7.91. The third-order valence-electron chi connectivity index (χ3n) is 2.18. The van der Waals surface area contributed by atoms with Crippen LogP contribution in [0.25, 0.3) is 0 Å². The maximum atomic E-state index is 11.6. The van der Waals surface area contributed by atoms with Gasteiger partial charge in [0.05, 0.1) is 5.56 Å². The van der Waals surface area contributed by atoms with Crippen LogP contribution in [0.1, 0.15) is 17.3 Å². The van der Waals surface area contributed by atoms with Gasteiger partial charge in [-0.3, -0.25) is 4.79 Å². The summed E-state index contributed by atoms with van der Waals surface area (Å²) >= 11 is 0. The zero-order valence-electron chi connectivity index (χ0n) is 10.0. The van der Waals surface area contributed by atoms with Crippen molar-refractivity contribution in [3.05, 3.63) is 29.8 Å². The fraction of sp³-hybridized carbons (Fsp3) is 0.333. The summed E-state index contributed by atoms with van der Waals surface area (Å²) in [5.74, 6) is -0.802. The number of phenolic OH excluding ortho intramolecular Hbond substituents is 1. The molecule has 5 heteroatoms. The number of esters is 1. The third-order valence-corrected chi connectivity index (χ3v) is 2.18. The molecular formula is C12H15NO4. The second kappa shape index (κ2) is 5.34. The Kier molecular flexibility index (Phi) is 4.09. The van der Waals surface area contributed by atoms with Crippen molar-refractivity contribution in [1.29, 1.82) is 0 Å². The molecule has 92 valence electrons. The van der Waals surface area contributed by atoms with Crippen LogP contribution >= 0.6 is 0 Å². The molecule has 1 rings (SSSR count). The average molecular weight is 237 g/mol. The molecule has 1 aromatic carbocycles. The Hall–Kier alpha value is -2.04. The summed E-state index contributed by atoms with van der Waals surface area (Å²) in [5.41, 5.74) is 0.293. The molecule has 1 atom stereocenters. The summed E-state index contributed by atoms with van der Waals surface area (Å²) in [4.78, 5) is 24.4. The van der Waals surface area contributed by atoms with E-state index in [1.165, 1.54) is 36.1 Å². The number of ether oxygens (including phenoxy) is 1. The Balaban J connectivity index is 2.66. The smallest absolute Gasteiger partial charge is 0.338 e. The highest BCUT2D eigenvalue weighted by atomic mass is 16.5. The molecule has 0 heterocycles. The highest BCUT2D eigenvalue weighted by Crippen LogP contribution is 2.11. The molecule has 0 spiro atoms. The van der Waals surface area contributed by atoms with Crippen molar-refractivity contribution < 1.29 is 19.4 Å². The summed E-state index contributed by atoms with van der Waals surface area (Å²) in [6.45, 7) is 1.51. The number of rotatable bonds is 3. The van der Waals surface area contributed by atoms with E-state index in [0.717, 1.165) is 0 Å². The molecule has 1 amide bonds. The van der Waals surface area contributed by atoms with Crippen LogP contribution in [0.15, 0.2) is 24.3 Å². The third kappa shape index (κ3) is 3.48. The van der Waals surface area contributed by atoms with Crippen LogP contribution in [0.4, 0.5) is 0 Å². The Labute approximate surface area is 99.6 Å². The summed E-state index contributed by atoms with van der Waals surface area (Å²) in [6, 6.07) is 5.64. The number of likely N-dealkylation sites (N-methyl/N-ethyl adjacent to an activating group) is 1. The van der Waals surface area contributed by atoms with E-state index in [9.17, 15) is 9.59 Å². The van der Waals surface area contributed by atoms with Crippen LogP contribution in [0.5, 0.6) is 5.75 Å². The van der Waals surface area contributed by atoms with E-state index in [0.29, 0.717) is 5.56 Å². The number of carbonyl (C=O) groups is 2. The number of nitrogens with zero attached hydrogens (tertiary/aromatic N) is 1. The Bertz CT molecular complexity index is 411. The van der Waals surface area contributed by atoms with Crippen LogP contribution < -0.4 is 0 Å². The largest absolute Gasteiger partial charge is 0.508 e. The van der Waals surface area contributed by atoms with Gasteiger partial charge in [0.15, 0.2) is 6.10 Å². The van der Waals surface area contributed by atoms with Crippen LogP contribution in [-0.2, 0) is 9.53 Å². The summed E-state index contributed by atoms with van der Waals surface area (Å²) in [7, 11) is 3.18. The molecule has 0 radical (unpaired) electrons. The van der Waals surface area contributed by atoms with Crippen molar-refractivity contribution in [2.24, 2.45) is 0 Å². The maximum Gasteiger partial charge on any atom is 0.338 e. The first-order valence-corrected chi connectivity index (χ1v) is 5.13.